The lowest BCUT2D eigenvalue weighted by molar-refractivity contribution is 1.28. The Balaban J connectivity index is 5.97. The van der Waals surface area contributed by atoms with Crippen molar-refractivity contribution in [1.82, 2.24) is 0 Å². The fourth-order valence-electron chi connectivity index (χ4n) is 2.23. The van der Waals surface area contributed by atoms with Gasteiger partial charge in [-0.05, 0) is 55.4 Å². The number of hydrogen-bond acceptors (Lipinski definition) is 0. The van der Waals surface area contributed by atoms with Crippen LogP contribution in [-0.2, 0) is 0 Å². The van der Waals surface area contributed by atoms with E-state index >= 15 is 0 Å². The van der Waals surface area contributed by atoms with E-state index in [1.54, 1.807) is 0 Å². The fraction of sp³-hybridized carbons (Fsp3) is 0.286. The Morgan fingerprint density at radius 3 is 0.893 bits per heavy atom. The number of terminal acetylenes is 2. The first-order chi connectivity index (χ1) is 13.0. The van der Waals surface area contributed by atoms with Crippen molar-refractivity contribution in [3.05, 3.63) is 68.9 Å². The first-order valence-corrected chi connectivity index (χ1v) is 9.03. The van der Waals surface area contributed by atoms with Crippen LogP contribution >= 0.6 is 0 Å². The summed E-state index contributed by atoms with van der Waals surface area (Å²) >= 11 is 0. The van der Waals surface area contributed by atoms with Crippen LogP contribution in [-0.4, -0.2) is 0 Å². The molecular weight excluding hydrogens is 336 g/mol. The molecule has 142 valence electrons. The minimum Gasteiger partial charge on any atom is -0.115 e. The largest absolute Gasteiger partial charge is 0.115 e. The monoisotopic (exact) mass is 366 g/mol. The molecule has 0 aromatic carbocycles. The molecule has 0 radical (unpaired) electrons. The van der Waals surface area contributed by atoms with Crippen molar-refractivity contribution in [3.8, 4) is 48.4 Å². The van der Waals surface area contributed by atoms with Gasteiger partial charge in [0.2, 0.25) is 0 Å². The van der Waals surface area contributed by atoms with Crippen molar-refractivity contribution in [2.75, 3.05) is 0 Å². The first kappa shape index (κ1) is 24.7. The minimum absolute atomic E-state index is 0.559. The van der Waals surface area contributed by atoms with Crippen LogP contribution < -0.4 is 0 Å². The smallest absolute Gasteiger partial charge is 0.0391 e. The van der Waals surface area contributed by atoms with E-state index in [9.17, 15) is 0 Å². The molecule has 0 heteroatoms. The molecule has 0 unspecified atom stereocenters. The van der Waals surface area contributed by atoms with Gasteiger partial charge in [0.1, 0.15) is 0 Å². The Kier molecular flexibility index (Phi) is 10.1. The Morgan fingerprint density at radius 1 is 0.464 bits per heavy atom. The van der Waals surface area contributed by atoms with Gasteiger partial charge < -0.3 is 0 Å². The van der Waals surface area contributed by atoms with Crippen LogP contribution in [0.25, 0.3) is 0 Å². The summed E-state index contributed by atoms with van der Waals surface area (Å²) in [5.74, 6) is 17.8. The molecule has 0 aliphatic carbocycles. The fourth-order valence-corrected chi connectivity index (χ4v) is 2.23. The van der Waals surface area contributed by atoms with Crippen LogP contribution in [0.5, 0.6) is 0 Å². The lowest BCUT2D eigenvalue weighted by Gasteiger charge is -2.05. The minimum atomic E-state index is 0.559. The third-order valence-corrected chi connectivity index (χ3v) is 3.83. The molecule has 0 fully saturated rings. The van der Waals surface area contributed by atoms with Gasteiger partial charge in [-0.2, -0.15) is 0 Å². The second kappa shape index (κ2) is 11.4. The van der Waals surface area contributed by atoms with Gasteiger partial charge in [0.05, 0.1) is 0 Å². The second-order valence-corrected chi connectivity index (χ2v) is 7.25. The van der Waals surface area contributed by atoms with Crippen LogP contribution in [0.3, 0.4) is 0 Å². The molecule has 0 nitrogen and oxygen atoms in total. The number of allylic oxidation sites excluding steroid dienone is 10. The zero-order chi connectivity index (χ0) is 22.0. The van der Waals surface area contributed by atoms with Gasteiger partial charge in [-0.3, -0.25) is 0 Å². The van der Waals surface area contributed by atoms with Gasteiger partial charge in [-0.25, -0.2) is 0 Å². The van der Waals surface area contributed by atoms with Crippen LogP contribution in [0.15, 0.2) is 68.9 Å². The van der Waals surface area contributed by atoms with Crippen LogP contribution in [0, 0.1) is 48.4 Å². The van der Waals surface area contributed by atoms with E-state index in [4.69, 9.17) is 12.8 Å². The summed E-state index contributed by atoms with van der Waals surface area (Å²) in [6, 6.07) is 0. The average molecular weight is 367 g/mol. The van der Waals surface area contributed by atoms with Crippen molar-refractivity contribution >= 4 is 0 Å². The molecule has 0 bridgehead atoms. The Hall–Kier alpha value is -3.32. The van der Waals surface area contributed by atoms with Gasteiger partial charge in [0.25, 0.3) is 0 Å². The summed E-state index contributed by atoms with van der Waals surface area (Å²) in [6.45, 7) is 23.9. The van der Waals surface area contributed by atoms with E-state index < -0.39 is 0 Å². The van der Waals surface area contributed by atoms with Crippen molar-refractivity contribution in [2.45, 2.75) is 55.4 Å². The van der Waals surface area contributed by atoms with Crippen LogP contribution in [0.2, 0.25) is 0 Å². The van der Waals surface area contributed by atoms with Crippen LogP contribution in [0.4, 0.5) is 0 Å². The van der Waals surface area contributed by atoms with E-state index in [0.29, 0.717) is 11.1 Å². The van der Waals surface area contributed by atoms with Gasteiger partial charge in [0, 0.05) is 33.4 Å². The lowest BCUT2D eigenvalue weighted by Crippen LogP contribution is -1.92. The third kappa shape index (κ3) is 7.13. The molecule has 0 aromatic heterocycles. The molecule has 0 amide bonds. The molecule has 28 heavy (non-hydrogen) atoms. The molecule has 0 N–H and O–H groups in total. The molecule has 0 aliphatic heterocycles. The second-order valence-electron chi connectivity index (χ2n) is 7.25. The zero-order valence-corrected chi connectivity index (χ0v) is 18.6. The molecule has 0 aromatic rings. The summed E-state index contributed by atoms with van der Waals surface area (Å²) in [7, 11) is 0. The van der Waals surface area contributed by atoms with E-state index in [2.05, 4.69) is 48.7 Å². The van der Waals surface area contributed by atoms with Gasteiger partial charge >= 0.3 is 0 Å². The highest BCUT2D eigenvalue weighted by Crippen LogP contribution is 2.19. The van der Waals surface area contributed by atoms with Crippen molar-refractivity contribution in [2.24, 2.45) is 0 Å². The molecule has 0 aliphatic rings. The Labute approximate surface area is 172 Å². The first-order valence-electron chi connectivity index (χ1n) is 9.03. The van der Waals surface area contributed by atoms with Crippen LogP contribution in [0.1, 0.15) is 55.4 Å². The topological polar surface area (TPSA) is 0 Å². The maximum absolute atomic E-state index is 5.66. The predicted octanol–water partition coefficient (Wildman–Crippen LogP) is 6.72. The summed E-state index contributed by atoms with van der Waals surface area (Å²) in [5, 5.41) is 0. The van der Waals surface area contributed by atoms with Crippen molar-refractivity contribution < 1.29 is 0 Å². The maximum atomic E-state index is 5.66. The highest BCUT2D eigenvalue weighted by molar-refractivity contribution is 5.64. The molecule has 0 atom stereocenters. The molecule has 0 rings (SSSR count). The van der Waals surface area contributed by atoms with Gasteiger partial charge in [-0.1, -0.05) is 71.0 Å². The summed E-state index contributed by atoms with van der Waals surface area (Å²) < 4.78 is 0. The van der Waals surface area contributed by atoms with E-state index in [0.717, 1.165) is 44.6 Å². The SMILES string of the molecule is C#CC(=C(C)C)C(C#CC(=C)C(=C)C#CC(=C(C)C)C(C#C)=C(C)C)=C(C)C. The predicted molar refractivity (Wildman–Crippen MR) is 125 cm³/mol. The molecular formula is C28H30. The van der Waals surface area contributed by atoms with E-state index in [-0.39, 0.29) is 0 Å². The maximum Gasteiger partial charge on any atom is 0.0391 e. The van der Waals surface area contributed by atoms with Crippen molar-refractivity contribution in [3.63, 3.8) is 0 Å². The lowest BCUT2D eigenvalue weighted by atomic mass is 9.97. The highest BCUT2D eigenvalue weighted by Gasteiger charge is 2.05. The molecule has 0 spiro atoms. The standard InChI is InChI=1S/C28H30/c1-13-25(19(3)4)27(21(7)8)17-15-23(11)24(12)16-18-28(22(9)10)26(14-2)20(5)6/h1-2H,11-12H2,3-10H3. The quantitative estimate of drug-likeness (QED) is 0.384. The van der Waals surface area contributed by atoms with Gasteiger partial charge in [0.15, 0.2) is 0 Å². The Morgan fingerprint density at radius 2 is 0.714 bits per heavy atom. The zero-order valence-electron chi connectivity index (χ0n) is 18.6. The van der Waals surface area contributed by atoms with E-state index in [1.807, 2.05) is 55.4 Å². The number of rotatable bonds is 3. The highest BCUT2D eigenvalue weighted by atomic mass is 14.1. The average Bonchev–Trinajstić information content (AvgIpc) is 2.59. The molecule has 0 heterocycles. The van der Waals surface area contributed by atoms with Gasteiger partial charge in [-0.15, -0.1) is 12.8 Å². The molecule has 0 saturated carbocycles. The summed E-state index contributed by atoms with van der Waals surface area (Å²) in [5.41, 5.74) is 8.63. The number of hydrogen-bond donors (Lipinski definition) is 0. The summed E-state index contributed by atoms with van der Waals surface area (Å²) in [4.78, 5) is 0. The van der Waals surface area contributed by atoms with Crippen molar-refractivity contribution in [1.29, 1.82) is 0 Å². The van der Waals surface area contributed by atoms with E-state index in [1.165, 1.54) is 0 Å². The molecule has 0 saturated heterocycles. The third-order valence-electron chi connectivity index (χ3n) is 3.83. The summed E-state index contributed by atoms with van der Waals surface area (Å²) in [6.07, 6.45) is 11.3. The Bertz CT molecular complexity index is 916. The normalized spacial score (nSPS) is 8.36.